The number of carbonyl (C=O) groups is 1. The van der Waals surface area contributed by atoms with Crippen LogP contribution in [0.25, 0.3) is 0 Å². The van der Waals surface area contributed by atoms with Crippen LogP contribution in [0.4, 0.5) is 11.4 Å². The fourth-order valence-electron chi connectivity index (χ4n) is 3.33. The lowest BCUT2D eigenvalue weighted by Gasteiger charge is -2.26. The molecule has 0 saturated heterocycles. The van der Waals surface area contributed by atoms with E-state index < -0.39 is 4.92 Å². The second-order valence-corrected chi connectivity index (χ2v) is 6.40. The predicted molar refractivity (Wildman–Crippen MR) is 96.1 cm³/mol. The largest absolute Gasteiger partial charge is 0.399 e. The number of hydrogen-bond donors (Lipinski definition) is 2. The maximum Gasteiger partial charge on any atom is 0.269 e. The number of rotatable bonds is 5. The van der Waals surface area contributed by atoms with E-state index in [4.69, 9.17) is 5.73 Å². The van der Waals surface area contributed by atoms with Crippen molar-refractivity contribution in [2.45, 2.75) is 38.1 Å². The van der Waals surface area contributed by atoms with Crippen molar-refractivity contribution in [2.24, 2.45) is 0 Å². The Labute approximate surface area is 146 Å². The minimum absolute atomic E-state index is 0.0157. The van der Waals surface area contributed by atoms with Gasteiger partial charge in [-0.05, 0) is 54.5 Å². The molecule has 1 aliphatic carbocycles. The summed E-state index contributed by atoms with van der Waals surface area (Å²) < 4.78 is 0. The number of hydrogen-bond acceptors (Lipinski definition) is 4. The molecular weight excluding hydrogens is 318 g/mol. The van der Waals surface area contributed by atoms with Crippen LogP contribution in [0.3, 0.4) is 0 Å². The van der Waals surface area contributed by atoms with Gasteiger partial charge in [-0.3, -0.25) is 14.9 Å². The molecule has 0 aromatic heterocycles. The van der Waals surface area contributed by atoms with Gasteiger partial charge in [0.1, 0.15) is 0 Å². The summed E-state index contributed by atoms with van der Waals surface area (Å²) in [6, 6.07) is 12.3. The highest BCUT2D eigenvalue weighted by Gasteiger charge is 2.21. The molecule has 2 aromatic rings. The van der Waals surface area contributed by atoms with Crippen molar-refractivity contribution < 1.29 is 9.72 Å². The Hall–Kier alpha value is -2.89. The first-order valence-corrected chi connectivity index (χ1v) is 8.44. The third kappa shape index (κ3) is 4.15. The molecule has 3 rings (SSSR count). The molecule has 0 radical (unpaired) electrons. The topological polar surface area (TPSA) is 98.3 Å². The first kappa shape index (κ1) is 17.0. The minimum Gasteiger partial charge on any atom is -0.399 e. The molecular formula is C19H21N3O3. The Morgan fingerprint density at radius 2 is 2.12 bits per heavy atom. The molecule has 0 saturated carbocycles. The Kier molecular flexibility index (Phi) is 4.97. The van der Waals surface area contributed by atoms with Crippen molar-refractivity contribution >= 4 is 17.3 Å². The molecule has 25 heavy (non-hydrogen) atoms. The molecule has 6 heteroatoms. The number of anilines is 1. The fourth-order valence-corrected chi connectivity index (χ4v) is 3.33. The van der Waals surface area contributed by atoms with Crippen LogP contribution < -0.4 is 11.1 Å². The van der Waals surface area contributed by atoms with E-state index in [9.17, 15) is 14.9 Å². The van der Waals surface area contributed by atoms with Gasteiger partial charge < -0.3 is 11.1 Å². The molecule has 0 fully saturated rings. The van der Waals surface area contributed by atoms with E-state index in [-0.39, 0.29) is 17.6 Å². The maximum atomic E-state index is 12.3. The highest BCUT2D eigenvalue weighted by molar-refractivity contribution is 5.77. The van der Waals surface area contributed by atoms with Crippen molar-refractivity contribution in [1.82, 2.24) is 5.32 Å². The Morgan fingerprint density at radius 1 is 1.28 bits per heavy atom. The Bertz CT molecular complexity index is 804. The number of aryl methyl sites for hydroxylation is 2. The standard InChI is InChI=1S/C19H21N3O3/c20-15-8-9-17-14(12-15)4-2-6-18(17)21-19(23)10-7-13-3-1-5-16(11-13)22(24)25/h1,3,5,8-9,11-12,18H,2,4,6-7,10,20H2,(H,21,23). The monoisotopic (exact) mass is 339 g/mol. The summed E-state index contributed by atoms with van der Waals surface area (Å²) in [5, 5.41) is 13.9. The van der Waals surface area contributed by atoms with Crippen LogP contribution in [0, 0.1) is 10.1 Å². The molecule has 0 heterocycles. The number of fused-ring (bicyclic) bond motifs is 1. The number of amides is 1. The zero-order chi connectivity index (χ0) is 17.8. The molecule has 130 valence electrons. The molecule has 0 spiro atoms. The zero-order valence-electron chi connectivity index (χ0n) is 13.9. The lowest BCUT2D eigenvalue weighted by Crippen LogP contribution is -2.31. The predicted octanol–water partition coefficient (Wildman–Crippen LogP) is 3.30. The van der Waals surface area contributed by atoms with Gasteiger partial charge in [-0.1, -0.05) is 18.2 Å². The fraction of sp³-hybridized carbons (Fsp3) is 0.316. The third-order valence-corrected chi connectivity index (χ3v) is 4.58. The molecule has 1 atom stereocenters. The number of nitrogen functional groups attached to an aromatic ring is 1. The number of nitro benzene ring substituents is 1. The van der Waals surface area contributed by atoms with Crippen LogP contribution in [-0.4, -0.2) is 10.8 Å². The van der Waals surface area contributed by atoms with Gasteiger partial charge in [-0.15, -0.1) is 0 Å². The van der Waals surface area contributed by atoms with E-state index in [0.717, 1.165) is 36.1 Å². The summed E-state index contributed by atoms with van der Waals surface area (Å²) >= 11 is 0. The number of carbonyl (C=O) groups excluding carboxylic acids is 1. The zero-order valence-corrected chi connectivity index (χ0v) is 13.9. The lowest BCUT2D eigenvalue weighted by atomic mass is 9.87. The van der Waals surface area contributed by atoms with Crippen LogP contribution in [0.5, 0.6) is 0 Å². The van der Waals surface area contributed by atoms with E-state index in [0.29, 0.717) is 12.8 Å². The highest BCUT2D eigenvalue weighted by atomic mass is 16.6. The van der Waals surface area contributed by atoms with Gasteiger partial charge in [0.25, 0.3) is 5.69 Å². The Balaban J connectivity index is 1.60. The van der Waals surface area contributed by atoms with E-state index in [1.165, 1.54) is 17.7 Å². The minimum atomic E-state index is -0.422. The molecule has 6 nitrogen and oxygen atoms in total. The number of nitrogens with two attached hydrogens (primary N) is 1. The summed E-state index contributed by atoms with van der Waals surface area (Å²) in [4.78, 5) is 22.7. The molecule has 3 N–H and O–H groups in total. The van der Waals surface area contributed by atoms with Gasteiger partial charge in [-0.25, -0.2) is 0 Å². The number of nitrogens with one attached hydrogen (secondary N) is 1. The van der Waals surface area contributed by atoms with Gasteiger partial charge in [0.15, 0.2) is 0 Å². The summed E-state index contributed by atoms with van der Waals surface area (Å²) in [7, 11) is 0. The van der Waals surface area contributed by atoms with Crippen LogP contribution in [0.15, 0.2) is 42.5 Å². The summed E-state index contributed by atoms with van der Waals surface area (Å²) in [6.07, 6.45) is 3.71. The summed E-state index contributed by atoms with van der Waals surface area (Å²) in [5.41, 5.74) is 9.78. The van der Waals surface area contributed by atoms with Crippen molar-refractivity contribution in [2.75, 3.05) is 5.73 Å². The van der Waals surface area contributed by atoms with Gasteiger partial charge in [-0.2, -0.15) is 0 Å². The van der Waals surface area contributed by atoms with Gasteiger partial charge in [0.05, 0.1) is 11.0 Å². The van der Waals surface area contributed by atoms with Crippen LogP contribution >= 0.6 is 0 Å². The molecule has 0 aliphatic heterocycles. The summed E-state index contributed by atoms with van der Waals surface area (Å²) in [6.45, 7) is 0. The number of non-ortho nitro benzene ring substituents is 1. The van der Waals surface area contributed by atoms with E-state index in [2.05, 4.69) is 5.32 Å². The normalized spacial score (nSPS) is 16.1. The SMILES string of the molecule is Nc1ccc2c(c1)CCCC2NC(=O)CCc1cccc([N+](=O)[O-])c1. The molecule has 0 bridgehead atoms. The molecule has 1 unspecified atom stereocenters. The maximum absolute atomic E-state index is 12.3. The van der Waals surface area contributed by atoms with Crippen molar-refractivity contribution in [1.29, 1.82) is 0 Å². The van der Waals surface area contributed by atoms with Crippen molar-refractivity contribution in [3.63, 3.8) is 0 Å². The molecule has 2 aromatic carbocycles. The van der Waals surface area contributed by atoms with E-state index >= 15 is 0 Å². The smallest absolute Gasteiger partial charge is 0.269 e. The average Bonchev–Trinajstić information content (AvgIpc) is 2.60. The first-order chi connectivity index (χ1) is 12.0. The number of nitrogens with zero attached hydrogens (tertiary/aromatic N) is 1. The number of nitro groups is 1. The first-order valence-electron chi connectivity index (χ1n) is 8.44. The van der Waals surface area contributed by atoms with Crippen LogP contribution in [0.2, 0.25) is 0 Å². The highest BCUT2D eigenvalue weighted by Crippen LogP contribution is 2.31. The van der Waals surface area contributed by atoms with Crippen LogP contribution in [-0.2, 0) is 17.6 Å². The molecule has 1 aliphatic rings. The van der Waals surface area contributed by atoms with Gasteiger partial charge >= 0.3 is 0 Å². The second kappa shape index (κ2) is 7.34. The van der Waals surface area contributed by atoms with Gasteiger partial charge in [0.2, 0.25) is 5.91 Å². The van der Waals surface area contributed by atoms with E-state index in [1.54, 1.807) is 12.1 Å². The number of benzene rings is 2. The van der Waals surface area contributed by atoms with E-state index in [1.807, 2.05) is 18.2 Å². The quantitative estimate of drug-likeness (QED) is 0.496. The molecule has 1 amide bonds. The van der Waals surface area contributed by atoms with Gasteiger partial charge in [0, 0.05) is 24.2 Å². The summed E-state index contributed by atoms with van der Waals surface area (Å²) in [5.74, 6) is -0.0406. The Morgan fingerprint density at radius 3 is 2.92 bits per heavy atom. The van der Waals surface area contributed by atoms with Crippen LogP contribution in [0.1, 0.15) is 42.0 Å². The lowest BCUT2D eigenvalue weighted by molar-refractivity contribution is -0.384. The van der Waals surface area contributed by atoms with Crippen molar-refractivity contribution in [3.05, 3.63) is 69.3 Å². The second-order valence-electron chi connectivity index (χ2n) is 6.40. The third-order valence-electron chi connectivity index (χ3n) is 4.58. The van der Waals surface area contributed by atoms with Crippen molar-refractivity contribution in [3.8, 4) is 0 Å². The average molecular weight is 339 g/mol.